The van der Waals surface area contributed by atoms with Crippen molar-refractivity contribution in [3.8, 4) is 5.75 Å². The van der Waals surface area contributed by atoms with E-state index < -0.39 is 0 Å². The highest BCUT2D eigenvalue weighted by atomic mass is 16.5. The highest BCUT2D eigenvalue weighted by Gasteiger charge is 2.34. The van der Waals surface area contributed by atoms with Gasteiger partial charge in [0.05, 0.1) is 29.3 Å². The van der Waals surface area contributed by atoms with Gasteiger partial charge >= 0.3 is 0 Å². The molecule has 0 radical (unpaired) electrons. The summed E-state index contributed by atoms with van der Waals surface area (Å²) in [5.74, 6) is 0.677. The van der Waals surface area contributed by atoms with Gasteiger partial charge in [-0.3, -0.25) is 19.3 Å². The number of hydrogen-bond acceptors (Lipinski definition) is 5. The van der Waals surface area contributed by atoms with Crippen LogP contribution >= 0.6 is 0 Å². The number of hydrogen-bond donors (Lipinski definition) is 1. The molecule has 1 aliphatic rings. The third-order valence-corrected chi connectivity index (χ3v) is 5.29. The zero-order chi connectivity index (χ0) is 21.3. The van der Waals surface area contributed by atoms with E-state index in [-0.39, 0.29) is 30.7 Å². The molecule has 2 heterocycles. The summed E-state index contributed by atoms with van der Waals surface area (Å²) in [4.78, 5) is 42.6. The number of rotatable bonds is 7. The number of nitrogens with zero attached hydrogens (tertiary/aromatic N) is 3. The van der Waals surface area contributed by atoms with Crippen molar-refractivity contribution in [2.45, 2.75) is 12.8 Å². The number of benzene rings is 2. The second kappa shape index (κ2) is 7.98. The minimum Gasteiger partial charge on any atom is -0.497 e. The number of fused-ring (bicyclic) bond motifs is 2. The lowest BCUT2D eigenvalue weighted by Crippen LogP contribution is -2.35. The van der Waals surface area contributed by atoms with Crippen LogP contribution in [0, 0.1) is 0 Å². The molecule has 0 spiro atoms. The van der Waals surface area contributed by atoms with Crippen LogP contribution in [-0.2, 0) is 18.3 Å². The van der Waals surface area contributed by atoms with Crippen LogP contribution in [0.15, 0.2) is 42.5 Å². The first kappa shape index (κ1) is 19.6. The van der Waals surface area contributed by atoms with Crippen LogP contribution in [0.3, 0.4) is 0 Å². The molecule has 0 saturated heterocycles. The molecule has 1 N–H and O–H groups in total. The maximum absolute atomic E-state index is 12.3. The van der Waals surface area contributed by atoms with Gasteiger partial charge in [-0.25, -0.2) is 4.98 Å². The average Bonchev–Trinajstić information content (AvgIpc) is 3.20. The Morgan fingerprint density at radius 2 is 1.80 bits per heavy atom. The van der Waals surface area contributed by atoms with Crippen LogP contribution in [0.25, 0.3) is 11.0 Å². The number of nitrogens with one attached hydrogen (secondary N) is 1. The first-order chi connectivity index (χ1) is 14.5. The number of carbonyl (C=O) groups excluding carboxylic acids is 3. The van der Waals surface area contributed by atoms with Gasteiger partial charge in [0.15, 0.2) is 0 Å². The van der Waals surface area contributed by atoms with E-state index in [1.807, 2.05) is 29.8 Å². The zero-order valence-corrected chi connectivity index (χ0v) is 16.8. The molecule has 8 nitrogen and oxygen atoms in total. The van der Waals surface area contributed by atoms with E-state index >= 15 is 0 Å². The normalized spacial score (nSPS) is 13.1. The van der Waals surface area contributed by atoms with Crippen LogP contribution in [0.2, 0.25) is 0 Å². The molecule has 0 unspecified atom stereocenters. The van der Waals surface area contributed by atoms with E-state index in [2.05, 4.69) is 10.3 Å². The van der Waals surface area contributed by atoms with Crippen molar-refractivity contribution in [2.75, 3.05) is 20.2 Å². The Hall–Kier alpha value is -3.68. The molecule has 30 heavy (non-hydrogen) atoms. The number of carbonyl (C=O) groups is 3. The van der Waals surface area contributed by atoms with Crippen molar-refractivity contribution in [2.24, 2.45) is 7.05 Å². The quantitative estimate of drug-likeness (QED) is 0.605. The molecule has 0 aliphatic carbocycles. The monoisotopic (exact) mass is 406 g/mol. The van der Waals surface area contributed by atoms with Gasteiger partial charge in [0.2, 0.25) is 5.91 Å². The van der Waals surface area contributed by atoms with Gasteiger partial charge in [-0.2, -0.15) is 0 Å². The number of methoxy groups -OCH3 is 1. The number of aromatic nitrogens is 2. The van der Waals surface area contributed by atoms with Crippen LogP contribution < -0.4 is 10.1 Å². The molecule has 0 bridgehead atoms. The molecule has 4 rings (SSSR count). The summed E-state index contributed by atoms with van der Waals surface area (Å²) in [6, 6.07) is 12.4. The lowest BCUT2D eigenvalue weighted by molar-refractivity contribution is -0.121. The molecular weight excluding hydrogens is 384 g/mol. The minimum atomic E-state index is -0.349. The summed E-state index contributed by atoms with van der Waals surface area (Å²) in [5, 5.41) is 2.83. The Kier molecular flexibility index (Phi) is 5.22. The van der Waals surface area contributed by atoms with E-state index in [0.29, 0.717) is 24.1 Å². The van der Waals surface area contributed by atoms with E-state index in [0.717, 1.165) is 27.5 Å². The number of imide groups is 1. The van der Waals surface area contributed by atoms with Gasteiger partial charge in [-0.15, -0.1) is 0 Å². The van der Waals surface area contributed by atoms with E-state index in [1.54, 1.807) is 31.4 Å². The third-order valence-electron chi connectivity index (χ3n) is 5.29. The van der Waals surface area contributed by atoms with Gasteiger partial charge in [-0.05, 0) is 24.3 Å². The standard InChI is InChI=1S/C22H22N4O4/c1-25-18-8-7-14(30-2)13-17(18)24-19(25)9-11-23-20(27)10-12-26-21(28)15-5-3-4-6-16(15)22(26)29/h3-8,13H,9-12H2,1-2H3,(H,23,27). The van der Waals surface area contributed by atoms with E-state index in [1.165, 1.54) is 0 Å². The van der Waals surface area contributed by atoms with Crippen molar-refractivity contribution >= 4 is 28.8 Å². The summed E-state index contributed by atoms with van der Waals surface area (Å²) in [5.41, 5.74) is 2.61. The molecule has 0 saturated carbocycles. The Morgan fingerprint density at radius 1 is 1.10 bits per heavy atom. The van der Waals surface area contributed by atoms with Crippen molar-refractivity contribution in [3.63, 3.8) is 0 Å². The Bertz CT molecular complexity index is 1120. The van der Waals surface area contributed by atoms with Crippen LogP contribution in [0.1, 0.15) is 33.0 Å². The fraction of sp³-hybridized carbons (Fsp3) is 0.273. The van der Waals surface area contributed by atoms with Gasteiger partial charge in [0, 0.05) is 39.0 Å². The molecule has 3 aromatic rings. The lowest BCUT2D eigenvalue weighted by atomic mass is 10.1. The van der Waals surface area contributed by atoms with Crippen molar-refractivity contribution in [3.05, 3.63) is 59.4 Å². The van der Waals surface area contributed by atoms with Crippen LogP contribution in [0.5, 0.6) is 5.75 Å². The lowest BCUT2D eigenvalue weighted by Gasteiger charge is -2.13. The molecule has 154 valence electrons. The Balaban J connectivity index is 1.30. The average molecular weight is 406 g/mol. The Labute approximate surface area is 173 Å². The molecule has 8 heteroatoms. The topological polar surface area (TPSA) is 93.5 Å². The van der Waals surface area contributed by atoms with Crippen LogP contribution in [-0.4, -0.2) is 52.4 Å². The largest absolute Gasteiger partial charge is 0.497 e. The summed E-state index contributed by atoms with van der Waals surface area (Å²) < 4.78 is 7.22. The van der Waals surface area contributed by atoms with Gasteiger partial charge in [-0.1, -0.05) is 12.1 Å². The van der Waals surface area contributed by atoms with Crippen molar-refractivity contribution in [1.82, 2.24) is 19.8 Å². The number of imidazole rings is 1. The molecule has 2 aromatic carbocycles. The first-order valence-electron chi connectivity index (χ1n) is 9.71. The smallest absolute Gasteiger partial charge is 0.261 e. The molecule has 1 aliphatic heterocycles. The van der Waals surface area contributed by atoms with Gasteiger partial charge in [0.1, 0.15) is 11.6 Å². The van der Waals surface area contributed by atoms with Gasteiger partial charge < -0.3 is 14.6 Å². The SMILES string of the molecule is COc1ccc2c(c1)nc(CCNC(=O)CCN1C(=O)c3ccccc3C1=O)n2C. The fourth-order valence-corrected chi connectivity index (χ4v) is 3.64. The van der Waals surface area contributed by atoms with Crippen molar-refractivity contribution < 1.29 is 19.1 Å². The number of amides is 3. The molecule has 0 atom stereocenters. The van der Waals surface area contributed by atoms with Crippen LogP contribution in [0.4, 0.5) is 0 Å². The predicted molar refractivity (Wildman–Crippen MR) is 110 cm³/mol. The fourth-order valence-electron chi connectivity index (χ4n) is 3.64. The third kappa shape index (κ3) is 3.52. The summed E-state index contributed by atoms with van der Waals surface area (Å²) in [6.45, 7) is 0.472. The number of aryl methyl sites for hydroxylation is 1. The minimum absolute atomic E-state index is 0.0598. The van der Waals surface area contributed by atoms with E-state index in [4.69, 9.17) is 4.74 Å². The van der Waals surface area contributed by atoms with E-state index in [9.17, 15) is 14.4 Å². The maximum atomic E-state index is 12.3. The highest BCUT2D eigenvalue weighted by molar-refractivity contribution is 6.21. The second-order valence-electron chi connectivity index (χ2n) is 7.10. The maximum Gasteiger partial charge on any atom is 0.261 e. The molecule has 1 aromatic heterocycles. The van der Waals surface area contributed by atoms with Gasteiger partial charge in [0.25, 0.3) is 11.8 Å². The summed E-state index contributed by atoms with van der Waals surface area (Å²) in [7, 11) is 3.55. The predicted octanol–water partition coefficient (Wildman–Crippen LogP) is 1.93. The molecule has 3 amide bonds. The first-order valence-corrected chi connectivity index (χ1v) is 9.71. The second-order valence-corrected chi connectivity index (χ2v) is 7.10. The summed E-state index contributed by atoms with van der Waals surface area (Å²) in [6.07, 6.45) is 0.622. The molecular formula is C22H22N4O4. The molecule has 0 fully saturated rings. The highest BCUT2D eigenvalue weighted by Crippen LogP contribution is 2.23. The van der Waals surface area contributed by atoms with Crippen molar-refractivity contribution in [1.29, 1.82) is 0 Å². The Morgan fingerprint density at radius 3 is 2.47 bits per heavy atom. The number of ether oxygens (including phenoxy) is 1. The zero-order valence-electron chi connectivity index (χ0n) is 16.8. The summed E-state index contributed by atoms with van der Waals surface area (Å²) >= 11 is 0.